The van der Waals surface area contributed by atoms with Gasteiger partial charge in [0, 0.05) is 18.9 Å². The molecule has 17 heavy (non-hydrogen) atoms. The third kappa shape index (κ3) is 3.83. The normalized spacial score (nSPS) is 16.9. The molecule has 1 saturated heterocycles. The first-order chi connectivity index (χ1) is 8.36. The molecule has 6 heteroatoms. The number of rotatable bonds is 5. The standard InChI is InChI=1S/C11H18N4O2/c16-11-10(13-5-6-15-11)14-7-8-17-9-1-3-12-4-2-9/h5-6,9,12H,1-4,7-8H2,(H,13,14)(H,15,16). The maximum atomic E-state index is 11.3. The summed E-state index contributed by atoms with van der Waals surface area (Å²) in [7, 11) is 0. The van der Waals surface area contributed by atoms with Gasteiger partial charge >= 0.3 is 0 Å². The van der Waals surface area contributed by atoms with Crippen molar-refractivity contribution in [2.24, 2.45) is 0 Å². The molecule has 1 aliphatic heterocycles. The Morgan fingerprint density at radius 3 is 3.06 bits per heavy atom. The van der Waals surface area contributed by atoms with E-state index in [0.717, 1.165) is 25.9 Å². The summed E-state index contributed by atoms with van der Waals surface area (Å²) in [5.41, 5.74) is -0.200. The molecule has 1 aromatic rings. The fourth-order valence-corrected chi connectivity index (χ4v) is 1.83. The molecule has 0 saturated carbocycles. The smallest absolute Gasteiger partial charge is 0.290 e. The maximum absolute atomic E-state index is 11.3. The fraction of sp³-hybridized carbons (Fsp3) is 0.636. The van der Waals surface area contributed by atoms with Crippen LogP contribution in [0.2, 0.25) is 0 Å². The highest BCUT2D eigenvalue weighted by Crippen LogP contribution is 2.06. The second-order valence-electron chi connectivity index (χ2n) is 4.01. The first kappa shape index (κ1) is 12.1. The van der Waals surface area contributed by atoms with Crippen LogP contribution >= 0.6 is 0 Å². The highest BCUT2D eigenvalue weighted by atomic mass is 16.5. The molecule has 1 aliphatic rings. The zero-order chi connectivity index (χ0) is 11.9. The van der Waals surface area contributed by atoms with Gasteiger partial charge in [-0.3, -0.25) is 4.79 Å². The number of aromatic nitrogens is 2. The van der Waals surface area contributed by atoms with E-state index in [0.29, 0.717) is 25.1 Å². The molecular formula is C11H18N4O2. The first-order valence-electron chi connectivity index (χ1n) is 5.96. The summed E-state index contributed by atoms with van der Waals surface area (Å²) >= 11 is 0. The lowest BCUT2D eigenvalue weighted by Gasteiger charge is -2.22. The summed E-state index contributed by atoms with van der Waals surface area (Å²) in [6, 6.07) is 0. The molecule has 0 amide bonds. The number of ether oxygens (including phenoxy) is 1. The molecule has 0 atom stereocenters. The van der Waals surface area contributed by atoms with Gasteiger partial charge in [0.2, 0.25) is 0 Å². The summed E-state index contributed by atoms with van der Waals surface area (Å²) < 4.78 is 5.70. The van der Waals surface area contributed by atoms with Crippen molar-refractivity contribution in [3.63, 3.8) is 0 Å². The lowest BCUT2D eigenvalue weighted by Crippen LogP contribution is -2.33. The Balaban J connectivity index is 1.66. The lowest BCUT2D eigenvalue weighted by molar-refractivity contribution is 0.0394. The molecule has 2 heterocycles. The van der Waals surface area contributed by atoms with Gasteiger partial charge in [-0.2, -0.15) is 0 Å². The Bertz CT molecular complexity index is 387. The van der Waals surface area contributed by atoms with Gasteiger partial charge < -0.3 is 20.4 Å². The Morgan fingerprint density at radius 2 is 2.29 bits per heavy atom. The van der Waals surface area contributed by atoms with Crippen LogP contribution in [0.3, 0.4) is 0 Å². The van der Waals surface area contributed by atoms with E-state index < -0.39 is 0 Å². The minimum Gasteiger partial charge on any atom is -0.376 e. The SMILES string of the molecule is O=c1[nH]ccnc1NCCOC1CCNCC1. The van der Waals surface area contributed by atoms with Crippen molar-refractivity contribution in [2.45, 2.75) is 18.9 Å². The number of hydrogen-bond donors (Lipinski definition) is 3. The number of aromatic amines is 1. The van der Waals surface area contributed by atoms with Crippen molar-refractivity contribution >= 4 is 5.82 Å². The summed E-state index contributed by atoms with van der Waals surface area (Å²) in [4.78, 5) is 17.8. The van der Waals surface area contributed by atoms with Gasteiger partial charge in [-0.15, -0.1) is 0 Å². The zero-order valence-corrected chi connectivity index (χ0v) is 9.74. The van der Waals surface area contributed by atoms with E-state index in [1.54, 1.807) is 6.20 Å². The highest BCUT2D eigenvalue weighted by Gasteiger charge is 2.12. The quantitative estimate of drug-likeness (QED) is 0.627. The van der Waals surface area contributed by atoms with Gasteiger partial charge in [0.15, 0.2) is 5.82 Å². The molecule has 1 aromatic heterocycles. The van der Waals surface area contributed by atoms with E-state index in [-0.39, 0.29) is 5.56 Å². The van der Waals surface area contributed by atoms with Crippen molar-refractivity contribution in [2.75, 3.05) is 31.6 Å². The summed E-state index contributed by atoms with van der Waals surface area (Å²) in [6.07, 6.45) is 5.53. The van der Waals surface area contributed by atoms with Crippen LogP contribution < -0.4 is 16.2 Å². The summed E-state index contributed by atoms with van der Waals surface area (Å²) in [6.45, 7) is 3.25. The van der Waals surface area contributed by atoms with Gasteiger partial charge in [-0.05, 0) is 25.9 Å². The summed E-state index contributed by atoms with van der Waals surface area (Å²) in [5.74, 6) is 0.349. The third-order valence-corrected chi connectivity index (χ3v) is 2.74. The minimum absolute atomic E-state index is 0.200. The number of piperidine rings is 1. The van der Waals surface area contributed by atoms with Gasteiger partial charge in [0.05, 0.1) is 12.7 Å². The summed E-state index contributed by atoms with van der Waals surface area (Å²) in [5, 5.41) is 6.24. The predicted octanol–water partition coefficient (Wildman–Crippen LogP) is -0.0496. The number of nitrogens with zero attached hydrogens (tertiary/aromatic N) is 1. The van der Waals surface area contributed by atoms with E-state index >= 15 is 0 Å². The van der Waals surface area contributed by atoms with Crippen molar-refractivity contribution in [1.29, 1.82) is 0 Å². The maximum Gasteiger partial charge on any atom is 0.290 e. The van der Waals surface area contributed by atoms with E-state index in [1.165, 1.54) is 6.20 Å². The number of H-pyrrole nitrogens is 1. The molecule has 0 radical (unpaired) electrons. The monoisotopic (exact) mass is 238 g/mol. The molecule has 3 N–H and O–H groups in total. The first-order valence-corrected chi connectivity index (χ1v) is 5.96. The van der Waals surface area contributed by atoms with Crippen LogP contribution in [-0.2, 0) is 4.74 Å². The van der Waals surface area contributed by atoms with E-state index in [4.69, 9.17) is 4.74 Å². The van der Waals surface area contributed by atoms with Crippen LogP contribution in [0.5, 0.6) is 0 Å². The molecule has 1 fully saturated rings. The molecule has 0 bridgehead atoms. The molecular weight excluding hydrogens is 220 g/mol. The Labute approximate surface area is 99.8 Å². The highest BCUT2D eigenvalue weighted by molar-refractivity contribution is 5.29. The second kappa shape index (κ2) is 6.36. The fourth-order valence-electron chi connectivity index (χ4n) is 1.83. The zero-order valence-electron chi connectivity index (χ0n) is 9.74. The minimum atomic E-state index is -0.200. The average Bonchev–Trinajstić information content (AvgIpc) is 2.38. The molecule has 6 nitrogen and oxygen atoms in total. The molecule has 0 aliphatic carbocycles. The molecule has 0 aromatic carbocycles. The van der Waals surface area contributed by atoms with E-state index in [1.807, 2.05) is 0 Å². The van der Waals surface area contributed by atoms with Crippen LogP contribution in [-0.4, -0.2) is 42.3 Å². The van der Waals surface area contributed by atoms with Crippen LogP contribution in [0.1, 0.15) is 12.8 Å². The van der Waals surface area contributed by atoms with Crippen LogP contribution in [0.15, 0.2) is 17.2 Å². The van der Waals surface area contributed by atoms with Crippen LogP contribution in [0.25, 0.3) is 0 Å². The van der Waals surface area contributed by atoms with Gasteiger partial charge in [-0.25, -0.2) is 4.98 Å². The van der Waals surface area contributed by atoms with E-state index in [2.05, 4.69) is 20.6 Å². The number of anilines is 1. The topological polar surface area (TPSA) is 79.0 Å². The molecule has 2 rings (SSSR count). The molecule has 0 spiro atoms. The van der Waals surface area contributed by atoms with Crippen molar-refractivity contribution in [1.82, 2.24) is 15.3 Å². The molecule has 0 unspecified atom stereocenters. The number of nitrogens with one attached hydrogen (secondary N) is 3. The number of hydrogen-bond acceptors (Lipinski definition) is 5. The molecule has 94 valence electrons. The Kier molecular flexibility index (Phi) is 4.52. The van der Waals surface area contributed by atoms with Crippen LogP contribution in [0, 0.1) is 0 Å². The Hall–Kier alpha value is -1.40. The average molecular weight is 238 g/mol. The van der Waals surface area contributed by atoms with Crippen molar-refractivity contribution in [3.05, 3.63) is 22.7 Å². The third-order valence-electron chi connectivity index (χ3n) is 2.74. The van der Waals surface area contributed by atoms with Gasteiger partial charge in [0.25, 0.3) is 5.56 Å². The lowest BCUT2D eigenvalue weighted by atomic mass is 10.1. The largest absolute Gasteiger partial charge is 0.376 e. The predicted molar refractivity (Wildman–Crippen MR) is 65.2 cm³/mol. The van der Waals surface area contributed by atoms with Crippen molar-refractivity contribution < 1.29 is 4.74 Å². The van der Waals surface area contributed by atoms with Crippen molar-refractivity contribution in [3.8, 4) is 0 Å². The Morgan fingerprint density at radius 1 is 1.47 bits per heavy atom. The second-order valence-corrected chi connectivity index (χ2v) is 4.01. The van der Waals surface area contributed by atoms with Gasteiger partial charge in [-0.1, -0.05) is 0 Å². The van der Waals surface area contributed by atoms with Crippen LogP contribution in [0.4, 0.5) is 5.82 Å². The van der Waals surface area contributed by atoms with E-state index in [9.17, 15) is 4.79 Å². The van der Waals surface area contributed by atoms with Gasteiger partial charge in [0.1, 0.15) is 0 Å².